The molecule has 3 nitrogen and oxygen atoms in total. The van der Waals surface area contributed by atoms with Gasteiger partial charge in [0.15, 0.2) is 11.9 Å². The van der Waals surface area contributed by atoms with E-state index in [1.165, 1.54) is 5.56 Å². The molecule has 0 aliphatic heterocycles. The number of nitrogens with one attached hydrogen (secondary N) is 1. The van der Waals surface area contributed by atoms with E-state index in [0.29, 0.717) is 15.7 Å². The molecular formula is C16H17Cl2N2O+. The fourth-order valence-corrected chi connectivity index (χ4v) is 2.34. The van der Waals surface area contributed by atoms with Crippen LogP contribution >= 0.6 is 23.2 Å². The van der Waals surface area contributed by atoms with Gasteiger partial charge >= 0.3 is 0 Å². The van der Waals surface area contributed by atoms with Crippen LogP contribution in [0.2, 0.25) is 10.0 Å². The molecule has 0 saturated carbocycles. The van der Waals surface area contributed by atoms with Crippen molar-refractivity contribution in [2.45, 2.75) is 26.8 Å². The molecule has 110 valence electrons. The molecule has 0 radical (unpaired) electrons. The normalized spacial score (nSPS) is 10.5. The summed E-state index contributed by atoms with van der Waals surface area (Å²) in [4.78, 5) is 12.2. The Hall–Kier alpha value is -1.58. The second-order valence-electron chi connectivity index (χ2n) is 4.81. The molecule has 0 fully saturated rings. The minimum Gasteiger partial charge on any atom is -0.319 e. The summed E-state index contributed by atoms with van der Waals surface area (Å²) in [6.07, 6.45) is 2.93. The minimum absolute atomic E-state index is 0.138. The van der Waals surface area contributed by atoms with Crippen LogP contribution < -0.4 is 9.88 Å². The van der Waals surface area contributed by atoms with Crippen molar-refractivity contribution in [1.82, 2.24) is 0 Å². The zero-order valence-corrected chi connectivity index (χ0v) is 13.5. The maximum absolute atomic E-state index is 12.2. The Morgan fingerprint density at radius 1 is 1.24 bits per heavy atom. The van der Waals surface area contributed by atoms with E-state index in [1.54, 1.807) is 18.2 Å². The topological polar surface area (TPSA) is 33.0 Å². The number of carbonyl (C=O) groups excluding carboxylic acids is 1. The summed E-state index contributed by atoms with van der Waals surface area (Å²) in [5.41, 5.74) is 2.74. The summed E-state index contributed by atoms with van der Waals surface area (Å²) in [7, 11) is 0. The van der Waals surface area contributed by atoms with Gasteiger partial charge in [-0.1, -0.05) is 36.2 Å². The van der Waals surface area contributed by atoms with Gasteiger partial charge in [-0.25, -0.2) is 0 Å². The van der Waals surface area contributed by atoms with Crippen LogP contribution in [-0.4, -0.2) is 5.91 Å². The molecule has 1 aromatic heterocycles. The van der Waals surface area contributed by atoms with Gasteiger partial charge in [-0.3, -0.25) is 4.79 Å². The van der Waals surface area contributed by atoms with E-state index < -0.39 is 0 Å². The highest BCUT2D eigenvalue weighted by Gasteiger charge is 2.15. The van der Waals surface area contributed by atoms with Gasteiger partial charge in [0.1, 0.15) is 0 Å². The molecule has 21 heavy (non-hydrogen) atoms. The molecule has 1 amide bonds. The first-order valence-electron chi connectivity index (χ1n) is 6.74. The molecule has 0 bridgehead atoms. The number of amides is 1. The van der Waals surface area contributed by atoms with Crippen molar-refractivity contribution < 1.29 is 9.36 Å². The first-order chi connectivity index (χ1) is 10.0. The average molecular weight is 324 g/mol. The van der Waals surface area contributed by atoms with Crippen molar-refractivity contribution in [3.63, 3.8) is 0 Å². The van der Waals surface area contributed by atoms with Gasteiger partial charge < -0.3 is 5.32 Å². The van der Waals surface area contributed by atoms with Crippen LogP contribution in [-0.2, 0) is 17.8 Å². The number of carbonyl (C=O) groups is 1. The Balaban J connectivity index is 2.13. The number of halogens is 2. The summed E-state index contributed by atoms with van der Waals surface area (Å²) in [6.45, 7) is 4.29. The third-order valence-electron chi connectivity index (χ3n) is 3.26. The molecule has 1 aromatic carbocycles. The Labute approximate surface area is 134 Å². The summed E-state index contributed by atoms with van der Waals surface area (Å²) in [6, 6.07) is 9.24. The van der Waals surface area contributed by atoms with E-state index in [0.717, 1.165) is 12.1 Å². The molecule has 2 rings (SSSR count). The lowest BCUT2D eigenvalue weighted by Gasteiger charge is -2.07. The highest BCUT2D eigenvalue weighted by atomic mass is 35.5. The van der Waals surface area contributed by atoms with E-state index in [1.807, 2.05) is 23.8 Å². The Kier molecular flexibility index (Phi) is 5.21. The van der Waals surface area contributed by atoms with Gasteiger partial charge in [0.05, 0.1) is 15.7 Å². The van der Waals surface area contributed by atoms with Crippen LogP contribution in [0.1, 0.15) is 18.2 Å². The largest absolute Gasteiger partial charge is 0.319 e. The van der Waals surface area contributed by atoms with Crippen LogP contribution in [0.3, 0.4) is 0 Å². The van der Waals surface area contributed by atoms with Gasteiger partial charge in [0.25, 0.3) is 5.91 Å². The van der Waals surface area contributed by atoms with Crippen LogP contribution in [0.5, 0.6) is 0 Å². The van der Waals surface area contributed by atoms with Crippen molar-refractivity contribution >= 4 is 34.8 Å². The predicted octanol–water partition coefficient (Wildman–Crippen LogP) is 3.79. The summed E-state index contributed by atoms with van der Waals surface area (Å²) < 4.78 is 1.92. The molecule has 0 saturated heterocycles. The van der Waals surface area contributed by atoms with Gasteiger partial charge in [0.2, 0.25) is 6.54 Å². The number of benzene rings is 1. The highest BCUT2D eigenvalue weighted by Crippen LogP contribution is 2.29. The van der Waals surface area contributed by atoms with E-state index in [4.69, 9.17) is 23.2 Å². The van der Waals surface area contributed by atoms with Crippen LogP contribution in [0, 0.1) is 6.92 Å². The van der Waals surface area contributed by atoms with Crippen molar-refractivity contribution in [2.75, 3.05) is 5.32 Å². The Morgan fingerprint density at radius 3 is 2.71 bits per heavy atom. The third kappa shape index (κ3) is 3.96. The fraction of sp³-hybridized carbons (Fsp3) is 0.250. The van der Waals surface area contributed by atoms with E-state index in [2.05, 4.69) is 18.3 Å². The Bertz CT molecular complexity index is 671. The Morgan fingerprint density at radius 2 is 2.00 bits per heavy atom. The minimum atomic E-state index is -0.138. The second kappa shape index (κ2) is 6.92. The van der Waals surface area contributed by atoms with Gasteiger partial charge in [-0.15, -0.1) is 0 Å². The molecule has 1 heterocycles. The number of nitrogens with zero attached hydrogens (tertiary/aromatic N) is 1. The lowest BCUT2D eigenvalue weighted by molar-refractivity contribution is -0.690. The van der Waals surface area contributed by atoms with Crippen LogP contribution in [0.25, 0.3) is 0 Å². The zero-order valence-electron chi connectivity index (χ0n) is 12.0. The summed E-state index contributed by atoms with van der Waals surface area (Å²) >= 11 is 12.0. The van der Waals surface area contributed by atoms with Crippen molar-refractivity contribution in [3.05, 3.63) is 57.8 Å². The molecule has 1 N–H and O–H groups in total. The predicted molar refractivity (Wildman–Crippen MR) is 85.8 cm³/mol. The number of hydrogen-bond donors (Lipinski definition) is 1. The quantitative estimate of drug-likeness (QED) is 0.853. The molecule has 0 aliphatic carbocycles. The summed E-state index contributed by atoms with van der Waals surface area (Å²) in [5.74, 6) is -0.138. The van der Waals surface area contributed by atoms with Gasteiger partial charge in [-0.05, 0) is 24.6 Å². The average Bonchev–Trinajstić information content (AvgIpc) is 2.46. The summed E-state index contributed by atoms with van der Waals surface area (Å²) in [5, 5.41) is 3.57. The van der Waals surface area contributed by atoms with Crippen LogP contribution in [0.4, 0.5) is 5.69 Å². The standard InChI is InChI=1S/C16H16Cl2N2O/c1-3-12-8-7-11(2)20(9-12)10-15(21)19-14-6-4-5-13(17)16(14)18/h4-9H,3,10H2,1-2H3/p+1. The first kappa shape index (κ1) is 15.8. The number of aryl methyl sites for hydroxylation is 2. The maximum atomic E-state index is 12.2. The number of hydrogen-bond acceptors (Lipinski definition) is 1. The lowest BCUT2D eigenvalue weighted by atomic mass is 10.2. The number of aromatic nitrogens is 1. The first-order valence-corrected chi connectivity index (χ1v) is 7.49. The monoisotopic (exact) mass is 323 g/mol. The molecule has 0 aliphatic rings. The van der Waals surface area contributed by atoms with Crippen molar-refractivity contribution in [3.8, 4) is 0 Å². The van der Waals surface area contributed by atoms with Gasteiger partial charge in [0, 0.05) is 18.6 Å². The molecule has 0 spiro atoms. The molecule has 5 heteroatoms. The molecular weight excluding hydrogens is 307 g/mol. The highest BCUT2D eigenvalue weighted by molar-refractivity contribution is 6.43. The third-order valence-corrected chi connectivity index (χ3v) is 4.08. The van der Waals surface area contributed by atoms with Crippen molar-refractivity contribution in [2.24, 2.45) is 0 Å². The van der Waals surface area contributed by atoms with Gasteiger partial charge in [-0.2, -0.15) is 4.57 Å². The smallest absolute Gasteiger partial charge is 0.290 e. The molecule has 2 aromatic rings. The van der Waals surface area contributed by atoms with E-state index in [-0.39, 0.29) is 12.5 Å². The SMILES string of the molecule is CCc1ccc(C)[n+](CC(=O)Nc2cccc(Cl)c2Cl)c1. The van der Waals surface area contributed by atoms with E-state index in [9.17, 15) is 4.79 Å². The second-order valence-corrected chi connectivity index (χ2v) is 5.59. The number of anilines is 1. The molecule has 0 atom stereocenters. The number of rotatable bonds is 4. The molecule has 0 unspecified atom stereocenters. The van der Waals surface area contributed by atoms with E-state index >= 15 is 0 Å². The van der Waals surface area contributed by atoms with Crippen molar-refractivity contribution in [1.29, 1.82) is 0 Å². The number of pyridine rings is 1. The fourth-order valence-electron chi connectivity index (χ4n) is 1.99. The zero-order chi connectivity index (χ0) is 15.4. The lowest BCUT2D eigenvalue weighted by Crippen LogP contribution is -2.43. The maximum Gasteiger partial charge on any atom is 0.290 e. The van der Waals surface area contributed by atoms with Crippen LogP contribution in [0.15, 0.2) is 36.5 Å².